The van der Waals surface area contributed by atoms with Gasteiger partial charge in [-0.2, -0.15) is 0 Å². The molecule has 0 saturated carbocycles. The summed E-state index contributed by atoms with van der Waals surface area (Å²) in [5.41, 5.74) is 5.09. The van der Waals surface area contributed by atoms with Crippen LogP contribution in [0.3, 0.4) is 0 Å². The molecule has 0 unspecified atom stereocenters. The van der Waals surface area contributed by atoms with Gasteiger partial charge in [-0.15, -0.1) is 0 Å². The van der Waals surface area contributed by atoms with Crippen molar-refractivity contribution in [3.05, 3.63) is 79.0 Å². The van der Waals surface area contributed by atoms with E-state index in [9.17, 15) is 0 Å². The molecule has 0 fully saturated rings. The Balaban J connectivity index is 2.07. The molecule has 25 heavy (non-hydrogen) atoms. The van der Waals surface area contributed by atoms with Gasteiger partial charge in [0.05, 0.1) is 16.6 Å². The van der Waals surface area contributed by atoms with Crippen molar-refractivity contribution in [1.82, 2.24) is 8.97 Å². The molecule has 6 aromatic rings. The molecule has 0 bridgehead atoms. The van der Waals surface area contributed by atoms with Crippen molar-refractivity contribution in [2.75, 3.05) is 0 Å². The second-order valence-electron chi connectivity index (χ2n) is 6.79. The lowest BCUT2D eigenvalue weighted by molar-refractivity contribution is 0.969. The number of aryl methyl sites for hydroxylation is 1. The van der Waals surface area contributed by atoms with Crippen molar-refractivity contribution in [1.29, 1.82) is 0 Å². The molecular formula is C23H16N2. The van der Waals surface area contributed by atoms with Crippen molar-refractivity contribution >= 4 is 49.0 Å². The summed E-state index contributed by atoms with van der Waals surface area (Å²) in [6.45, 7) is 0. The molecular weight excluding hydrogens is 304 g/mol. The lowest BCUT2D eigenvalue weighted by Gasteiger charge is -2.11. The van der Waals surface area contributed by atoms with Gasteiger partial charge in [0.15, 0.2) is 0 Å². The zero-order valence-corrected chi connectivity index (χ0v) is 13.9. The molecule has 0 aliphatic rings. The lowest BCUT2D eigenvalue weighted by Crippen LogP contribution is -1.91. The van der Waals surface area contributed by atoms with Crippen LogP contribution in [0.5, 0.6) is 0 Å². The summed E-state index contributed by atoms with van der Waals surface area (Å²) in [6, 6.07) is 26.5. The highest BCUT2D eigenvalue weighted by atomic mass is 14.9. The van der Waals surface area contributed by atoms with Gasteiger partial charge in [-0.05, 0) is 35.7 Å². The smallest absolute Gasteiger partial charge is 0.0554 e. The number of para-hydroxylation sites is 2. The molecule has 0 atom stereocenters. The molecule has 3 aromatic carbocycles. The third-order valence-electron chi connectivity index (χ3n) is 5.47. The first-order chi connectivity index (χ1) is 12.3. The zero-order valence-electron chi connectivity index (χ0n) is 13.9. The van der Waals surface area contributed by atoms with Gasteiger partial charge in [-0.25, -0.2) is 0 Å². The first kappa shape index (κ1) is 13.1. The SMILES string of the molecule is Cn1ccc2c3c(ccc21)c1ccccc1n1c2ccccc2cc31. The van der Waals surface area contributed by atoms with Gasteiger partial charge >= 0.3 is 0 Å². The molecule has 0 aliphatic heterocycles. The van der Waals surface area contributed by atoms with Crippen LogP contribution in [0.15, 0.2) is 79.0 Å². The third kappa shape index (κ3) is 1.54. The van der Waals surface area contributed by atoms with Crippen molar-refractivity contribution < 1.29 is 0 Å². The maximum atomic E-state index is 2.42. The van der Waals surface area contributed by atoms with E-state index in [2.05, 4.69) is 95.0 Å². The Hall–Kier alpha value is -3.26. The quantitative estimate of drug-likeness (QED) is 0.309. The number of nitrogens with zero attached hydrogens (tertiary/aromatic N) is 2. The van der Waals surface area contributed by atoms with Crippen molar-refractivity contribution in [2.24, 2.45) is 7.05 Å². The van der Waals surface area contributed by atoms with Crippen molar-refractivity contribution in [3.63, 3.8) is 0 Å². The highest BCUT2D eigenvalue weighted by Crippen LogP contribution is 2.37. The highest BCUT2D eigenvalue weighted by Gasteiger charge is 2.14. The predicted octanol–water partition coefficient (Wildman–Crippen LogP) is 5.89. The molecule has 3 aromatic heterocycles. The van der Waals surface area contributed by atoms with Crippen LogP contribution in [0.25, 0.3) is 49.0 Å². The van der Waals surface area contributed by atoms with Gasteiger partial charge in [0.2, 0.25) is 0 Å². The van der Waals surface area contributed by atoms with E-state index >= 15 is 0 Å². The van der Waals surface area contributed by atoms with Crippen LogP contribution in [0.2, 0.25) is 0 Å². The molecule has 0 saturated heterocycles. The van der Waals surface area contributed by atoms with E-state index < -0.39 is 0 Å². The number of hydrogen-bond donors (Lipinski definition) is 0. The maximum Gasteiger partial charge on any atom is 0.0554 e. The monoisotopic (exact) mass is 320 g/mol. The van der Waals surface area contributed by atoms with Crippen LogP contribution < -0.4 is 0 Å². The number of fused-ring (bicyclic) bond motifs is 10. The highest BCUT2D eigenvalue weighted by molar-refractivity contribution is 6.24. The summed E-state index contributed by atoms with van der Waals surface area (Å²) in [6.07, 6.45) is 2.15. The first-order valence-corrected chi connectivity index (χ1v) is 8.61. The Morgan fingerprint density at radius 1 is 0.600 bits per heavy atom. The molecule has 0 radical (unpaired) electrons. The topological polar surface area (TPSA) is 9.34 Å². The first-order valence-electron chi connectivity index (χ1n) is 8.61. The number of rotatable bonds is 0. The van der Waals surface area contributed by atoms with Gasteiger partial charge in [-0.1, -0.05) is 42.5 Å². The van der Waals surface area contributed by atoms with E-state index in [0.717, 1.165) is 0 Å². The number of hydrogen-bond acceptors (Lipinski definition) is 0. The predicted molar refractivity (Wildman–Crippen MR) is 106 cm³/mol. The Morgan fingerprint density at radius 2 is 1.40 bits per heavy atom. The third-order valence-corrected chi connectivity index (χ3v) is 5.47. The molecule has 118 valence electrons. The Kier molecular flexibility index (Phi) is 2.31. The van der Waals surface area contributed by atoms with Crippen molar-refractivity contribution in [2.45, 2.75) is 0 Å². The summed E-state index contributed by atoms with van der Waals surface area (Å²) >= 11 is 0. The minimum atomic E-state index is 1.27. The average Bonchev–Trinajstić information content (AvgIpc) is 3.22. The molecule has 0 spiro atoms. The van der Waals surface area contributed by atoms with Crippen LogP contribution in [-0.2, 0) is 7.05 Å². The fraction of sp³-hybridized carbons (Fsp3) is 0.0435. The summed E-state index contributed by atoms with van der Waals surface area (Å²) in [5, 5.41) is 6.57. The Morgan fingerprint density at radius 3 is 2.32 bits per heavy atom. The van der Waals surface area contributed by atoms with E-state index in [-0.39, 0.29) is 0 Å². The molecule has 2 nitrogen and oxygen atoms in total. The number of aromatic nitrogens is 2. The van der Waals surface area contributed by atoms with E-state index in [1.807, 2.05) is 0 Å². The minimum absolute atomic E-state index is 1.27. The van der Waals surface area contributed by atoms with Gasteiger partial charge < -0.3 is 8.97 Å². The summed E-state index contributed by atoms with van der Waals surface area (Å²) in [4.78, 5) is 0. The standard InChI is InChI=1S/C23H16N2/c1-24-13-12-18-20(24)11-10-17-16-7-3-5-9-21(16)25-19-8-4-2-6-15(19)14-22(25)23(17)18/h2-14H,1H3. The van der Waals surface area contributed by atoms with Crippen LogP contribution in [0.4, 0.5) is 0 Å². The van der Waals surface area contributed by atoms with Crippen LogP contribution in [0, 0.1) is 0 Å². The van der Waals surface area contributed by atoms with Gasteiger partial charge in [-0.3, -0.25) is 0 Å². The van der Waals surface area contributed by atoms with E-state index in [1.54, 1.807) is 0 Å². The maximum absolute atomic E-state index is 2.42. The molecule has 2 heteroatoms. The van der Waals surface area contributed by atoms with E-state index in [0.29, 0.717) is 0 Å². The fourth-order valence-electron chi connectivity index (χ4n) is 4.35. The largest absolute Gasteiger partial charge is 0.351 e. The molecule has 0 amide bonds. The zero-order chi connectivity index (χ0) is 16.5. The van der Waals surface area contributed by atoms with Gasteiger partial charge in [0.1, 0.15) is 0 Å². The molecule has 0 aliphatic carbocycles. The summed E-state index contributed by atoms with van der Waals surface area (Å²) in [5.74, 6) is 0. The van der Waals surface area contributed by atoms with Gasteiger partial charge in [0, 0.05) is 40.3 Å². The second kappa shape index (κ2) is 4.42. The normalized spacial score (nSPS) is 12.2. The van der Waals surface area contributed by atoms with Crippen LogP contribution >= 0.6 is 0 Å². The fourth-order valence-corrected chi connectivity index (χ4v) is 4.35. The summed E-state index contributed by atoms with van der Waals surface area (Å²) < 4.78 is 4.61. The number of benzene rings is 3. The molecule has 0 N–H and O–H groups in total. The minimum Gasteiger partial charge on any atom is -0.351 e. The lowest BCUT2D eigenvalue weighted by atomic mass is 10.0. The average molecular weight is 320 g/mol. The molecule has 6 rings (SSSR count). The van der Waals surface area contributed by atoms with Crippen molar-refractivity contribution in [3.8, 4) is 0 Å². The van der Waals surface area contributed by atoms with Crippen LogP contribution in [0.1, 0.15) is 0 Å². The van der Waals surface area contributed by atoms with Gasteiger partial charge in [0.25, 0.3) is 0 Å². The Labute approximate surface area is 144 Å². The second-order valence-corrected chi connectivity index (χ2v) is 6.79. The van der Waals surface area contributed by atoms with E-state index in [4.69, 9.17) is 0 Å². The van der Waals surface area contributed by atoms with Crippen LogP contribution in [-0.4, -0.2) is 8.97 Å². The molecule has 3 heterocycles. The number of pyridine rings is 1. The Bertz CT molecular complexity index is 1450. The summed E-state index contributed by atoms with van der Waals surface area (Å²) in [7, 11) is 2.11. The van der Waals surface area contributed by atoms with E-state index in [1.165, 1.54) is 49.0 Å².